The van der Waals surface area contributed by atoms with Crippen LogP contribution in [0.15, 0.2) is 12.1 Å². The van der Waals surface area contributed by atoms with Gasteiger partial charge in [0.1, 0.15) is 11.7 Å². The second kappa shape index (κ2) is 7.47. The fraction of sp³-hybridized carbons (Fsp3) is 0.462. The summed E-state index contributed by atoms with van der Waals surface area (Å²) < 4.78 is 0. The first-order valence-corrected chi connectivity index (χ1v) is 7.15. The molecule has 0 aliphatic carbocycles. The van der Waals surface area contributed by atoms with Crippen molar-refractivity contribution < 1.29 is 9.72 Å². The molecule has 1 rings (SSSR count). The molecule has 0 radical (unpaired) electrons. The van der Waals surface area contributed by atoms with Crippen LogP contribution in [0.5, 0.6) is 0 Å². The summed E-state index contributed by atoms with van der Waals surface area (Å²) in [6, 6.07) is 1.86. The first-order valence-electron chi connectivity index (χ1n) is 6.40. The van der Waals surface area contributed by atoms with Crippen LogP contribution >= 0.6 is 23.2 Å². The molecule has 0 saturated heterocycles. The first kappa shape index (κ1) is 17.5. The number of anilines is 1. The average molecular weight is 334 g/mol. The Morgan fingerprint density at radius 2 is 1.86 bits per heavy atom. The van der Waals surface area contributed by atoms with Gasteiger partial charge in [-0.1, -0.05) is 37.0 Å². The Kier molecular flexibility index (Phi) is 6.23. The Labute approximate surface area is 133 Å². The van der Waals surface area contributed by atoms with Gasteiger partial charge in [-0.15, -0.1) is 0 Å². The molecule has 0 aliphatic heterocycles. The molecule has 1 amide bonds. The molecule has 1 aromatic carbocycles. The van der Waals surface area contributed by atoms with Gasteiger partial charge in [0.05, 0.1) is 15.0 Å². The number of rotatable bonds is 6. The standard InChI is InChI=1S/C13H17Cl2N3O3/c1-7(2)6-16-13(19)8(3)17-11-4-9(14)10(15)5-12(11)18(20)21/h4-5,7-8,17H,6H2,1-3H3,(H,16,19). The van der Waals surface area contributed by atoms with Gasteiger partial charge in [-0.25, -0.2) is 0 Å². The van der Waals surface area contributed by atoms with E-state index in [-0.39, 0.29) is 27.3 Å². The predicted molar refractivity (Wildman–Crippen MR) is 84.0 cm³/mol. The summed E-state index contributed by atoms with van der Waals surface area (Å²) in [6.07, 6.45) is 0. The SMILES string of the molecule is CC(C)CNC(=O)C(C)Nc1cc(Cl)c(Cl)cc1[N+](=O)[O-]. The highest BCUT2D eigenvalue weighted by Crippen LogP contribution is 2.34. The number of halogens is 2. The summed E-state index contributed by atoms with van der Waals surface area (Å²) in [5, 5.41) is 16.8. The van der Waals surface area contributed by atoms with Crippen molar-refractivity contribution in [2.24, 2.45) is 5.92 Å². The number of hydrogen-bond acceptors (Lipinski definition) is 4. The van der Waals surface area contributed by atoms with E-state index in [0.29, 0.717) is 12.5 Å². The minimum atomic E-state index is -0.639. The van der Waals surface area contributed by atoms with Crippen LogP contribution in [0.4, 0.5) is 11.4 Å². The average Bonchev–Trinajstić information content (AvgIpc) is 2.39. The molecule has 21 heavy (non-hydrogen) atoms. The quantitative estimate of drug-likeness (QED) is 0.616. The fourth-order valence-corrected chi connectivity index (χ4v) is 1.88. The van der Waals surface area contributed by atoms with E-state index in [4.69, 9.17) is 23.2 Å². The smallest absolute Gasteiger partial charge is 0.293 e. The van der Waals surface area contributed by atoms with E-state index in [0.717, 1.165) is 6.07 Å². The second-order valence-corrected chi connectivity index (χ2v) is 5.86. The molecule has 0 bridgehead atoms. The van der Waals surface area contributed by atoms with E-state index in [1.807, 2.05) is 13.8 Å². The third-order valence-corrected chi connectivity index (χ3v) is 3.41. The summed E-state index contributed by atoms with van der Waals surface area (Å²) in [4.78, 5) is 22.3. The largest absolute Gasteiger partial charge is 0.368 e. The van der Waals surface area contributed by atoms with Gasteiger partial charge in [-0.05, 0) is 18.9 Å². The van der Waals surface area contributed by atoms with Crippen LogP contribution in [0.1, 0.15) is 20.8 Å². The molecule has 116 valence electrons. The van der Waals surface area contributed by atoms with Crippen LogP contribution < -0.4 is 10.6 Å². The molecule has 0 saturated carbocycles. The van der Waals surface area contributed by atoms with Crippen molar-refractivity contribution in [3.05, 3.63) is 32.3 Å². The van der Waals surface area contributed by atoms with Crippen LogP contribution in [0.25, 0.3) is 0 Å². The van der Waals surface area contributed by atoms with Crippen molar-refractivity contribution in [1.29, 1.82) is 0 Å². The lowest BCUT2D eigenvalue weighted by Crippen LogP contribution is -2.39. The molecule has 0 aromatic heterocycles. The Balaban J connectivity index is 2.89. The highest BCUT2D eigenvalue weighted by Gasteiger charge is 2.21. The molecular formula is C13H17Cl2N3O3. The van der Waals surface area contributed by atoms with Gasteiger partial charge in [0, 0.05) is 12.6 Å². The first-order chi connectivity index (χ1) is 9.72. The summed E-state index contributed by atoms with van der Waals surface area (Å²) in [6.45, 7) is 6.10. The zero-order valence-electron chi connectivity index (χ0n) is 11.9. The fourth-order valence-electron chi connectivity index (χ4n) is 1.56. The number of nitro benzene ring substituents is 1. The van der Waals surface area contributed by atoms with Crippen molar-refractivity contribution in [2.45, 2.75) is 26.8 Å². The normalized spacial score (nSPS) is 12.1. The van der Waals surface area contributed by atoms with E-state index >= 15 is 0 Å². The number of nitrogens with zero attached hydrogens (tertiary/aromatic N) is 1. The number of hydrogen-bond donors (Lipinski definition) is 2. The van der Waals surface area contributed by atoms with Gasteiger partial charge < -0.3 is 10.6 Å². The zero-order valence-corrected chi connectivity index (χ0v) is 13.5. The molecule has 1 aromatic rings. The molecule has 1 atom stereocenters. The molecule has 1 unspecified atom stereocenters. The van der Waals surface area contributed by atoms with Gasteiger partial charge in [-0.2, -0.15) is 0 Å². The Hall–Kier alpha value is -1.53. The van der Waals surface area contributed by atoms with Crippen molar-refractivity contribution in [2.75, 3.05) is 11.9 Å². The van der Waals surface area contributed by atoms with Crippen LogP contribution in [0.2, 0.25) is 10.0 Å². The second-order valence-electron chi connectivity index (χ2n) is 5.05. The number of carbonyl (C=O) groups is 1. The van der Waals surface area contributed by atoms with Gasteiger partial charge in [-0.3, -0.25) is 14.9 Å². The lowest BCUT2D eigenvalue weighted by atomic mass is 10.2. The van der Waals surface area contributed by atoms with Crippen molar-refractivity contribution >= 4 is 40.5 Å². The molecule has 8 heteroatoms. The minimum Gasteiger partial charge on any atom is -0.368 e. The third-order valence-electron chi connectivity index (χ3n) is 2.69. The summed E-state index contributed by atoms with van der Waals surface area (Å²) in [5.41, 5.74) is -0.0745. The van der Waals surface area contributed by atoms with E-state index in [2.05, 4.69) is 10.6 Å². The molecule has 0 fully saturated rings. The van der Waals surface area contributed by atoms with Crippen LogP contribution in [-0.2, 0) is 4.79 Å². The van der Waals surface area contributed by atoms with Crippen LogP contribution in [0.3, 0.4) is 0 Å². The molecule has 6 nitrogen and oxygen atoms in total. The zero-order chi connectivity index (χ0) is 16.2. The molecule has 0 spiro atoms. The lowest BCUT2D eigenvalue weighted by molar-refractivity contribution is -0.384. The van der Waals surface area contributed by atoms with E-state index in [1.54, 1.807) is 6.92 Å². The maximum absolute atomic E-state index is 11.9. The van der Waals surface area contributed by atoms with Crippen molar-refractivity contribution in [3.63, 3.8) is 0 Å². The van der Waals surface area contributed by atoms with Crippen LogP contribution in [0, 0.1) is 16.0 Å². The van der Waals surface area contributed by atoms with Gasteiger partial charge in [0.2, 0.25) is 5.91 Å². The number of nitro groups is 1. The summed E-state index contributed by atoms with van der Waals surface area (Å²) >= 11 is 11.6. The third kappa shape index (κ3) is 5.06. The van der Waals surface area contributed by atoms with Crippen LogP contribution in [-0.4, -0.2) is 23.4 Å². The van der Waals surface area contributed by atoms with Crippen molar-refractivity contribution in [1.82, 2.24) is 5.32 Å². The van der Waals surface area contributed by atoms with Gasteiger partial charge in [0.15, 0.2) is 0 Å². The highest BCUT2D eigenvalue weighted by atomic mass is 35.5. The van der Waals surface area contributed by atoms with E-state index in [1.165, 1.54) is 6.07 Å². The van der Waals surface area contributed by atoms with Crippen molar-refractivity contribution in [3.8, 4) is 0 Å². The monoisotopic (exact) mass is 333 g/mol. The topological polar surface area (TPSA) is 84.3 Å². The molecule has 0 heterocycles. The summed E-state index contributed by atoms with van der Waals surface area (Å²) in [5.74, 6) is 0.0736. The Bertz CT molecular complexity index is 550. The molecule has 2 N–H and O–H groups in total. The highest BCUT2D eigenvalue weighted by molar-refractivity contribution is 6.42. The lowest BCUT2D eigenvalue weighted by Gasteiger charge is -2.16. The predicted octanol–water partition coefficient (Wildman–Crippen LogP) is 3.47. The number of nitrogens with one attached hydrogen (secondary N) is 2. The summed E-state index contributed by atoms with van der Waals surface area (Å²) in [7, 11) is 0. The number of amides is 1. The Morgan fingerprint density at radius 1 is 1.29 bits per heavy atom. The Morgan fingerprint density at radius 3 is 2.38 bits per heavy atom. The van der Waals surface area contributed by atoms with Gasteiger partial charge in [0.25, 0.3) is 5.69 Å². The maximum atomic E-state index is 11.9. The van der Waals surface area contributed by atoms with Gasteiger partial charge >= 0.3 is 0 Å². The number of carbonyl (C=O) groups excluding carboxylic acids is 1. The number of benzene rings is 1. The minimum absolute atomic E-state index is 0.0887. The van der Waals surface area contributed by atoms with E-state index in [9.17, 15) is 14.9 Å². The van der Waals surface area contributed by atoms with E-state index < -0.39 is 11.0 Å². The molecular weight excluding hydrogens is 317 g/mol. The maximum Gasteiger partial charge on any atom is 0.293 e. The molecule has 0 aliphatic rings.